The molecule has 0 aromatic carbocycles. The summed E-state index contributed by atoms with van der Waals surface area (Å²) in [6, 6.07) is 0. The average Bonchev–Trinajstić information content (AvgIpc) is 2.68. The molecule has 2 rings (SSSR count). The Balaban J connectivity index is 1.93. The summed E-state index contributed by atoms with van der Waals surface area (Å²) < 4.78 is 0. The van der Waals surface area contributed by atoms with Gasteiger partial charge in [-0.25, -0.2) is 0 Å². The molecule has 1 aliphatic carbocycles. The Morgan fingerprint density at radius 1 is 1.24 bits per heavy atom. The number of imide groups is 1. The van der Waals surface area contributed by atoms with Crippen LogP contribution in [-0.2, 0) is 9.59 Å². The molecule has 1 aliphatic heterocycles. The van der Waals surface area contributed by atoms with Gasteiger partial charge in [0.05, 0.1) is 6.61 Å². The first-order chi connectivity index (χ1) is 9.77. The maximum absolute atomic E-state index is 11.6. The van der Waals surface area contributed by atoms with Crippen molar-refractivity contribution in [1.82, 2.24) is 10.2 Å². The van der Waals surface area contributed by atoms with Crippen LogP contribution in [0.3, 0.4) is 0 Å². The summed E-state index contributed by atoms with van der Waals surface area (Å²) in [6.07, 6.45) is 3.71. The zero-order valence-corrected chi connectivity index (χ0v) is 13.4. The number of carbonyl (C=O) groups is 2. The predicted molar refractivity (Wildman–Crippen MR) is 80.6 cm³/mol. The molecule has 0 aromatic heterocycles. The summed E-state index contributed by atoms with van der Waals surface area (Å²) in [4.78, 5) is 24.5. The van der Waals surface area contributed by atoms with Crippen molar-refractivity contribution in [3.05, 3.63) is 0 Å². The summed E-state index contributed by atoms with van der Waals surface area (Å²) in [6.45, 7) is 7.77. The first kappa shape index (κ1) is 16.4. The number of rotatable bonds is 5. The van der Waals surface area contributed by atoms with Gasteiger partial charge in [0.25, 0.3) is 0 Å². The molecule has 2 amide bonds. The molecule has 1 saturated heterocycles. The lowest BCUT2D eigenvalue weighted by Gasteiger charge is -2.47. The van der Waals surface area contributed by atoms with Gasteiger partial charge in [-0.1, -0.05) is 20.8 Å². The minimum atomic E-state index is -0.285. The first-order valence-electron chi connectivity index (χ1n) is 7.96. The van der Waals surface area contributed by atoms with E-state index in [0.29, 0.717) is 31.8 Å². The number of likely N-dealkylation sites (tertiary alicyclic amines) is 1. The van der Waals surface area contributed by atoms with E-state index < -0.39 is 0 Å². The lowest BCUT2D eigenvalue weighted by molar-refractivity contribution is -0.138. The molecule has 2 aliphatic rings. The fourth-order valence-electron chi connectivity index (χ4n) is 4.36. The van der Waals surface area contributed by atoms with E-state index >= 15 is 0 Å². The summed E-state index contributed by atoms with van der Waals surface area (Å²) in [5.41, 5.74) is -0.0837. The molecule has 0 unspecified atom stereocenters. The quantitative estimate of drug-likeness (QED) is 0.750. The number of hydrogen-bond acceptors (Lipinski definition) is 4. The van der Waals surface area contributed by atoms with Crippen LogP contribution in [0.2, 0.25) is 0 Å². The Kier molecular flexibility index (Phi) is 4.73. The van der Waals surface area contributed by atoms with Gasteiger partial charge in [-0.3, -0.25) is 14.5 Å². The molecular weight excluding hydrogens is 268 g/mol. The molecule has 1 heterocycles. The lowest BCUT2D eigenvalue weighted by atomic mass is 9.64. The van der Waals surface area contributed by atoms with Crippen molar-refractivity contribution in [1.29, 1.82) is 0 Å². The van der Waals surface area contributed by atoms with Crippen LogP contribution >= 0.6 is 0 Å². The van der Waals surface area contributed by atoms with Crippen molar-refractivity contribution in [3.63, 3.8) is 0 Å². The highest BCUT2D eigenvalue weighted by molar-refractivity contribution is 6.01. The van der Waals surface area contributed by atoms with Gasteiger partial charge >= 0.3 is 0 Å². The van der Waals surface area contributed by atoms with Crippen LogP contribution in [0.1, 0.15) is 52.9 Å². The predicted octanol–water partition coefficient (Wildman–Crippen LogP) is 1.30. The summed E-state index contributed by atoms with van der Waals surface area (Å²) in [5, 5.41) is 13.3. The van der Waals surface area contributed by atoms with Crippen LogP contribution in [0.25, 0.3) is 0 Å². The van der Waals surface area contributed by atoms with E-state index in [-0.39, 0.29) is 29.4 Å². The van der Waals surface area contributed by atoms with Gasteiger partial charge in [-0.05, 0) is 30.6 Å². The van der Waals surface area contributed by atoms with E-state index in [1.54, 1.807) is 0 Å². The smallest absolute Gasteiger partial charge is 0.229 e. The highest BCUT2D eigenvalue weighted by Gasteiger charge is 2.42. The second kappa shape index (κ2) is 6.05. The van der Waals surface area contributed by atoms with Crippen molar-refractivity contribution >= 4 is 11.8 Å². The second-order valence-corrected chi connectivity index (χ2v) is 7.66. The number of carbonyl (C=O) groups excluding carboxylic acids is 2. The molecule has 2 fully saturated rings. The molecule has 0 radical (unpaired) electrons. The Morgan fingerprint density at radius 2 is 1.86 bits per heavy atom. The highest BCUT2D eigenvalue weighted by Crippen LogP contribution is 2.43. The van der Waals surface area contributed by atoms with Gasteiger partial charge in [0.1, 0.15) is 0 Å². The van der Waals surface area contributed by atoms with Crippen LogP contribution in [-0.4, -0.2) is 47.1 Å². The first-order valence-corrected chi connectivity index (χ1v) is 7.96. The van der Waals surface area contributed by atoms with Crippen LogP contribution in [0.15, 0.2) is 0 Å². The molecule has 0 bridgehead atoms. The number of amides is 2. The maximum atomic E-state index is 11.6. The fourth-order valence-corrected chi connectivity index (χ4v) is 4.36. The van der Waals surface area contributed by atoms with Crippen LogP contribution < -0.4 is 5.32 Å². The fraction of sp³-hybridized carbons (Fsp3) is 0.875. The molecule has 5 heteroatoms. The summed E-state index contributed by atoms with van der Waals surface area (Å²) in [5.74, 6) is 0.415. The number of aliphatic hydroxyl groups excluding tert-OH is 1. The van der Waals surface area contributed by atoms with Crippen LogP contribution in [0, 0.1) is 11.3 Å². The minimum absolute atomic E-state index is 0.0720. The summed E-state index contributed by atoms with van der Waals surface area (Å²) in [7, 11) is 0. The van der Waals surface area contributed by atoms with Gasteiger partial charge in [0.15, 0.2) is 0 Å². The Hall–Kier alpha value is -0.940. The Labute approximate surface area is 127 Å². The standard InChI is InChI=1S/C16H28N2O3/c1-12-8-15(2,3)10-16(9-12,11-19)17-6-7-18-13(20)4-5-14(18)21/h12,17,19H,4-11H2,1-3H3/t12-,16+/m0/s1. The van der Waals surface area contributed by atoms with Gasteiger partial charge in [0, 0.05) is 31.5 Å². The van der Waals surface area contributed by atoms with E-state index in [0.717, 1.165) is 12.8 Å². The number of hydrogen-bond donors (Lipinski definition) is 2. The molecular formula is C16H28N2O3. The second-order valence-electron chi connectivity index (χ2n) is 7.66. The van der Waals surface area contributed by atoms with Crippen LogP contribution in [0.4, 0.5) is 0 Å². The third-order valence-corrected chi connectivity index (χ3v) is 4.75. The molecule has 2 N–H and O–H groups in total. The highest BCUT2D eigenvalue weighted by atomic mass is 16.3. The number of nitrogens with zero attached hydrogens (tertiary/aromatic N) is 1. The normalized spacial score (nSPS) is 32.8. The van der Waals surface area contributed by atoms with Crippen molar-refractivity contribution in [3.8, 4) is 0 Å². The third-order valence-electron chi connectivity index (χ3n) is 4.75. The molecule has 21 heavy (non-hydrogen) atoms. The van der Waals surface area contributed by atoms with E-state index in [9.17, 15) is 14.7 Å². The van der Waals surface area contributed by atoms with E-state index in [2.05, 4.69) is 26.1 Å². The SMILES string of the molecule is C[C@H]1CC(C)(C)C[C@](CO)(NCCN2C(=O)CCC2=O)C1. The lowest BCUT2D eigenvalue weighted by Crippen LogP contribution is -2.56. The van der Waals surface area contributed by atoms with E-state index in [1.165, 1.54) is 11.3 Å². The van der Waals surface area contributed by atoms with E-state index in [4.69, 9.17) is 0 Å². The van der Waals surface area contributed by atoms with Gasteiger partial charge in [-0.15, -0.1) is 0 Å². The summed E-state index contributed by atoms with van der Waals surface area (Å²) >= 11 is 0. The monoisotopic (exact) mass is 296 g/mol. The van der Waals surface area contributed by atoms with E-state index in [1.807, 2.05) is 0 Å². The number of aliphatic hydroxyl groups is 1. The molecule has 0 aromatic rings. The van der Waals surface area contributed by atoms with Crippen molar-refractivity contribution in [2.75, 3.05) is 19.7 Å². The molecule has 0 spiro atoms. The zero-order chi connectivity index (χ0) is 15.7. The Morgan fingerprint density at radius 3 is 2.38 bits per heavy atom. The Bertz CT molecular complexity index is 406. The number of nitrogens with one attached hydrogen (secondary N) is 1. The zero-order valence-electron chi connectivity index (χ0n) is 13.4. The minimum Gasteiger partial charge on any atom is -0.394 e. The topological polar surface area (TPSA) is 69.6 Å². The molecule has 120 valence electrons. The molecule has 2 atom stereocenters. The van der Waals surface area contributed by atoms with Crippen LogP contribution in [0.5, 0.6) is 0 Å². The maximum Gasteiger partial charge on any atom is 0.229 e. The average molecular weight is 296 g/mol. The van der Waals surface area contributed by atoms with Gasteiger partial charge in [-0.2, -0.15) is 0 Å². The molecule has 1 saturated carbocycles. The molecule has 5 nitrogen and oxygen atoms in total. The van der Waals surface area contributed by atoms with Crippen molar-refractivity contribution < 1.29 is 14.7 Å². The van der Waals surface area contributed by atoms with Gasteiger partial charge < -0.3 is 10.4 Å². The van der Waals surface area contributed by atoms with Crippen molar-refractivity contribution in [2.45, 2.75) is 58.4 Å². The van der Waals surface area contributed by atoms with Gasteiger partial charge in [0.2, 0.25) is 11.8 Å². The largest absolute Gasteiger partial charge is 0.394 e. The third kappa shape index (κ3) is 3.83. The van der Waals surface area contributed by atoms with Crippen molar-refractivity contribution in [2.24, 2.45) is 11.3 Å².